The summed E-state index contributed by atoms with van der Waals surface area (Å²) >= 11 is 0. The molecule has 0 saturated heterocycles. The van der Waals surface area contributed by atoms with Gasteiger partial charge in [0, 0.05) is 29.2 Å². The Kier molecular flexibility index (Phi) is 4.97. The van der Waals surface area contributed by atoms with E-state index in [1.165, 1.54) is 0 Å². The molecule has 1 aromatic heterocycles. The van der Waals surface area contributed by atoms with Gasteiger partial charge in [0.1, 0.15) is 5.82 Å². The van der Waals surface area contributed by atoms with E-state index in [4.69, 9.17) is 4.74 Å². The van der Waals surface area contributed by atoms with Gasteiger partial charge >= 0.3 is 0 Å². The highest BCUT2D eigenvalue weighted by molar-refractivity contribution is 5.84. The number of aryl methyl sites for hydroxylation is 1. The Morgan fingerprint density at radius 2 is 2.00 bits per heavy atom. The largest absolute Gasteiger partial charge is 0.481 e. The zero-order valence-corrected chi connectivity index (χ0v) is 13.7. The highest BCUT2D eigenvalue weighted by atomic mass is 19.1. The Hall–Kier alpha value is -2.89. The maximum absolute atomic E-state index is 13.4. The van der Waals surface area contributed by atoms with Crippen molar-refractivity contribution in [1.29, 1.82) is 0 Å². The van der Waals surface area contributed by atoms with Crippen LogP contribution in [0.5, 0.6) is 5.75 Å². The van der Waals surface area contributed by atoms with Crippen molar-refractivity contribution < 1.29 is 18.3 Å². The molecule has 0 radical (unpaired) electrons. The number of para-hydroxylation sites is 1. The molecule has 0 spiro atoms. The van der Waals surface area contributed by atoms with Crippen molar-refractivity contribution in [3.05, 3.63) is 65.4 Å². The SMILES string of the molecule is Cc1[nH]c2ccccc2c1CCNC(=O)COc1ccc(F)cc1F. The minimum Gasteiger partial charge on any atom is -0.481 e. The van der Waals surface area contributed by atoms with Gasteiger partial charge in [0.25, 0.3) is 5.91 Å². The first-order valence-corrected chi connectivity index (χ1v) is 7.95. The van der Waals surface area contributed by atoms with E-state index in [1.54, 1.807) is 0 Å². The van der Waals surface area contributed by atoms with Crippen LogP contribution in [0.3, 0.4) is 0 Å². The lowest BCUT2D eigenvalue weighted by atomic mass is 10.1. The van der Waals surface area contributed by atoms with Gasteiger partial charge in [-0.05, 0) is 37.1 Å². The van der Waals surface area contributed by atoms with Crippen molar-refractivity contribution in [1.82, 2.24) is 10.3 Å². The second-order valence-corrected chi connectivity index (χ2v) is 5.74. The number of hydrogen-bond donors (Lipinski definition) is 2. The Morgan fingerprint density at radius 3 is 2.80 bits per heavy atom. The van der Waals surface area contributed by atoms with Gasteiger partial charge in [0.2, 0.25) is 0 Å². The highest BCUT2D eigenvalue weighted by Crippen LogP contribution is 2.22. The van der Waals surface area contributed by atoms with E-state index in [9.17, 15) is 13.6 Å². The van der Waals surface area contributed by atoms with E-state index in [0.29, 0.717) is 19.0 Å². The number of aromatic amines is 1. The van der Waals surface area contributed by atoms with Crippen LogP contribution in [0.15, 0.2) is 42.5 Å². The van der Waals surface area contributed by atoms with Gasteiger partial charge in [-0.3, -0.25) is 4.79 Å². The lowest BCUT2D eigenvalue weighted by Crippen LogP contribution is -2.30. The summed E-state index contributed by atoms with van der Waals surface area (Å²) in [6.07, 6.45) is 0.673. The van der Waals surface area contributed by atoms with E-state index < -0.39 is 11.6 Å². The van der Waals surface area contributed by atoms with Crippen LogP contribution in [-0.4, -0.2) is 24.0 Å². The summed E-state index contributed by atoms with van der Waals surface area (Å²) in [6, 6.07) is 10.9. The standard InChI is InChI=1S/C19H18F2N2O2/c1-12-14(15-4-2-3-5-17(15)23-12)8-9-22-19(24)11-25-18-7-6-13(20)10-16(18)21/h2-7,10,23H,8-9,11H2,1H3,(H,22,24). The van der Waals surface area contributed by atoms with E-state index in [0.717, 1.165) is 34.3 Å². The summed E-state index contributed by atoms with van der Waals surface area (Å²) in [5, 5.41) is 3.88. The van der Waals surface area contributed by atoms with Gasteiger partial charge in [-0.15, -0.1) is 0 Å². The van der Waals surface area contributed by atoms with Gasteiger partial charge in [-0.25, -0.2) is 8.78 Å². The quantitative estimate of drug-likeness (QED) is 0.719. The second kappa shape index (κ2) is 7.34. The van der Waals surface area contributed by atoms with E-state index >= 15 is 0 Å². The second-order valence-electron chi connectivity index (χ2n) is 5.74. The number of carbonyl (C=O) groups is 1. The number of amides is 1. The molecule has 0 aliphatic carbocycles. The first-order chi connectivity index (χ1) is 12.0. The van der Waals surface area contributed by atoms with Crippen LogP contribution in [0.1, 0.15) is 11.3 Å². The van der Waals surface area contributed by atoms with E-state index in [-0.39, 0.29) is 18.3 Å². The summed E-state index contributed by atoms with van der Waals surface area (Å²) in [4.78, 5) is 15.1. The summed E-state index contributed by atoms with van der Waals surface area (Å²) < 4.78 is 31.3. The number of fused-ring (bicyclic) bond motifs is 1. The van der Waals surface area contributed by atoms with Crippen molar-refractivity contribution in [3.63, 3.8) is 0 Å². The Labute approximate surface area is 143 Å². The van der Waals surface area contributed by atoms with E-state index in [1.807, 2.05) is 31.2 Å². The third-order valence-corrected chi connectivity index (χ3v) is 3.98. The zero-order chi connectivity index (χ0) is 17.8. The average Bonchev–Trinajstić information content (AvgIpc) is 2.90. The maximum atomic E-state index is 13.4. The van der Waals surface area contributed by atoms with Gasteiger partial charge < -0.3 is 15.0 Å². The van der Waals surface area contributed by atoms with Crippen LogP contribution >= 0.6 is 0 Å². The van der Waals surface area contributed by atoms with E-state index in [2.05, 4.69) is 10.3 Å². The minimum atomic E-state index is -0.831. The van der Waals surface area contributed by atoms with Crippen molar-refractivity contribution in [2.75, 3.05) is 13.2 Å². The average molecular weight is 344 g/mol. The maximum Gasteiger partial charge on any atom is 0.257 e. The predicted octanol–water partition coefficient (Wildman–Crippen LogP) is 3.49. The molecule has 6 heteroatoms. The smallest absolute Gasteiger partial charge is 0.257 e. The van der Waals surface area contributed by atoms with Gasteiger partial charge in [-0.2, -0.15) is 0 Å². The van der Waals surface area contributed by atoms with Gasteiger partial charge in [0.15, 0.2) is 18.2 Å². The third kappa shape index (κ3) is 3.96. The summed E-state index contributed by atoms with van der Waals surface area (Å²) in [5.41, 5.74) is 3.29. The van der Waals surface area contributed by atoms with Crippen LogP contribution in [0, 0.1) is 18.6 Å². The molecular weight excluding hydrogens is 326 g/mol. The van der Waals surface area contributed by atoms with Gasteiger partial charge in [0.05, 0.1) is 0 Å². The molecule has 0 fully saturated rings. The fourth-order valence-corrected chi connectivity index (χ4v) is 2.77. The van der Waals surface area contributed by atoms with Crippen LogP contribution in [0.4, 0.5) is 8.78 Å². The molecule has 1 heterocycles. The molecule has 0 unspecified atom stereocenters. The number of ether oxygens (including phenoxy) is 1. The van der Waals surface area contributed by atoms with Crippen LogP contribution in [0.2, 0.25) is 0 Å². The predicted molar refractivity (Wildman–Crippen MR) is 91.6 cm³/mol. The number of rotatable bonds is 6. The molecular formula is C19H18F2N2O2. The number of halogens is 2. The zero-order valence-electron chi connectivity index (χ0n) is 13.7. The van der Waals surface area contributed by atoms with Crippen molar-refractivity contribution >= 4 is 16.8 Å². The number of benzene rings is 2. The molecule has 3 rings (SSSR count). The van der Waals surface area contributed by atoms with Crippen LogP contribution in [-0.2, 0) is 11.2 Å². The third-order valence-electron chi connectivity index (χ3n) is 3.98. The fourth-order valence-electron chi connectivity index (χ4n) is 2.77. The molecule has 0 atom stereocenters. The Balaban J connectivity index is 1.51. The molecule has 3 aromatic rings. The normalized spacial score (nSPS) is 10.8. The number of carbonyl (C=O) groups excluding carboxylic acids is 1. The molecule has 1 amide bonds. The van der Waals surface area contributed by atoms with Gasteiger partial charge in [-0.1, -0.05) is 18.2 Å². The Bertz CT molecular complexity index is 906. The first-order valence-electron chi connectivity index (χ1n) is 7.95. The summed E-state index contributed by atoms with van der Waals surface area (Å²) in [5.74, 6) is -2.03. The van der Waals surface area contributed by atoms with Crippen LogP contribution < -0.4 is 10.1 Å². The van der Waals surface area contributed by atoms with Crippen molar-refractivity contribution in [2.24, 2.45) is 0 Å². The molecule has 2 aromatic carbocycles. The van der Waals surface area contributed by atoms with Crippen molar-refractivity contribution in [2.45, 2.75) is 13.3 Å². The Morgan fingerprint density at radius 1 is 1.20 bits per heavy atom. The monoisotopic (exact) mass is 344 g/mol. The highest BCUT2D eigenvalue weighted by Gasteiger charge is 2.10. The fraction of sp³-hybridized carbons (Fsp3) is 0.211. The molecule has 4 nitrogen and oxygen atoms in total. The van der Waals surface area contributed by atoms with Crippen LogP contribution in [0.25, 0.3) is 10.9 Å². The number of nitrogens with one attached hydrogen (secondary N) is 2. The summed E-state index contributed by atoms with van der Waals surface area (Å²) in [6.45, 7) is 2.11. The first kappa shape index (κ1) is 17.0. The number of hydrogen-bond acceptors (Lipinski definition) is 2. The molecule has 0 saturated carbocycles. The molecule has 130 valence electrons. The molecule has 0 aliphatic rings. The van der Waals surface area contributed by atoms with Crippen molar-refractivity contribution in [3.8, 4) is 5.75 Å². The molecule has 0 aliphatic heterocycles. The minimum absolute atomic E-state index is 0.149. The molecule has 0 bridgehead atoms. The number of aromatic nitrogens is 1. The summed E-state index contributed by atoms with van der Waals surface area (Å²) in [7, 11) is 0. The number of H-pyrrole nitrogens is 1. The topological polar surface area (TPSA) is 54.1 Å². The molecule has 2 N–H and O–H groups in total. The lowest BCUT2D eigenvalue weighted by Gasteiger charge is -2.08. The lowest BCUT2D eigenvalue weighted by molar-refractivity contribution is -0.123. The molecule has 25 heavy (non-hydrogen) atoms.